The number of allylic oxidation sites excluding steroid dienone is 1. The first-order valence-electron chi connectivity index (χ1n) is 10.6. The van der Waals surface area contributed by atoms with Crippen LogP contribution in [0, 0.1) is 0 Å². The van der Waals surface area contributed by atoms with Crippen molar-refractivity contribution in [2.24, 2.45) is 7.05 Å². The first-order chi connectivity index (χ1) is 14.9. The van der Waals surface area contributed by atoms with Crippen molar-refractivity contribution in [3.8, 4) is 11.3 Å². The Morgan fingerprint density at radius 2 is 1.61 bits per heavy atom. The Labute approximate surface area is 188 Å². The molecular weight excluding hydrogens is 400 g/mol. The van der Waals surface area contributed by atoms with Gasteiger partial charge in [-0.15, -0.1) is 0 Å². The molecule has 0 atom stereocenters. The second-order valence-electron chi connectivity index (χ2n) is 8.77. The van der Waals surface area contributed by atoms with E-state index in [-0.39, 0.29) is 5.41 Å². The molecule has 0 unspecified atom stereocenters. The summed E-state index contributed by atoms with van der Waals surface area (Å²) in [6.45, 7) is 4.54. The summed E-state index contributed by atoms with van der Waals surface area (Å²) in [5.74, 6) is 0. The summed E-state index contributed by atoms with van der Waals surface area (Å²) in [7, 11) is 4.29. The maximum Gasteiger partial charge on any atom is 0.209 e. The first-order valence-corrected chi connectivity index (χ1v) is 11.0. The molecule has 0 radical (unpaired) electrons. The largest absolute Gasteiger partial charge is 0.343 e. The van der Waals surface area contributed by atoms with E-state index >= 15 is 0 Å². The van der Waals surface area contributed by atoms with E-state index in [2.05, 4.69) is 116 Å². The van der Waals surface area contributed by atoms with E-state index < -0.39 is 0 Å². The molecular formula is C28H26ClN2+. The molecule has 154 valence electrons. The SMILES string of the molecule is Cn1c(-c2ccccc2)c(C=CC2=[N+](C)c3ccc(Cl)cc3C2(C)C)c2ccccc21. The van der Waals surface area contributed by atoms with Gasteiger partial charge in [-0.1, -0.05) is 60.1 Å². The van der Waals surface area contributed by atoms with Gasteiger partial charge in [0.2, 0.25) is 5.69 Å². The Bertz CT molecular complexity index is 1370. The summed E-state index contributed by atoms with van der Waals surface area (Å²) in [6.07, 6.45) is 4.56. The van der Waals surface area contributed by atoms with Gasteiger partial charge in [-0.2, -0.15) is 4.58 Å². The fourth-order valence-electron chi connectivity index (χ4n) is 5.01. The summed E-state index contributed by atoms with van der Waals surface area (Å²) < 4.78 is 4.59. The smallest absolute Gasteiger partial charge is 0.209 e. The quantitative estimate of drug-likeness (QED) is 0.306. The van der Waals surface area contributed by atoms with Crippen molar-refractivity contribution in [2.45, 2.75) is 19.3 Å². The molecule has 0 aliphatic carbocycles. The highest BCUT2D eigenvalue weighted by Crippen LogP contribution is 2.41. The summed E-state index contributed by atoms with van der Waals surface area (Å²) in [4.78, 5) is 0. The van der Waals surface area contributed by atoms with Crippen molar-refractivity contribution in [3.63, 3.8) is 0 Å². The Morgan fingerprint density at radius 1 is 0.903 bits per heavy atom. The number of rotatable bonds is 3. The van der Waals surface area contributed by atoms with Crippen LogP contribution in [0.2, 0.25) is 5.02 Å². The second kappa shape index (κ2) is 7.25. The fourth-order valence-corrected chi connectivity index (χ4v) is 5.18. The maximum atomic E-state index is 6.33. The molecule has 5 rings (SSSR count). The molecule has 2 heterocycles. The molecule has 0 fully saturated rings. The number of halogens is 1. The zero-order chi connectivity index (χ0) is 21.8. The number of fused-ring (bicyclic) bond motifs is 2. The van der Waals surface area contributed by atoms with Crippen LogP contribution in [0.15, 0.2) is 78.9 Å². The van der Waals surface area contributed by atoms with Gasteiger partial charge in [-0.3, -0.25) is 0 Å². The number of aromatic nitrogens is 1. The van der Waals surface area contributed by atoms with Crippen molar-refractivity contribution in [1.82, 2.24) is 4.57 Å². The summed E-state index contributed by atoms with van der Waals surface area (Å²) >= 11 is 6.33. The van der Waals surface area contributed by atoms with Gasteiger partial charge in [-0.05, 0) is 43.7 Å². The Balaban J connectivity index is 1.69. The van der Waals surface area contributed by atoms with E-state index in [4.69, 9.17) is 11.6 Å². The van der Waals surface area contributed by atoms with Gasteiger partial charge in [0.05, 0.1) is 11.1 Å². The topological polar surface area (TPSA) is 7.94 Å². The van der Waals surface area contributed by atoms with E-state index in [9.17, 15) is 0 Å². The molecule has 1 aromatic heterocycles. The van der Waals surface area contributed by atoms with Crippen LogP contribution in [0.5, 0.6) is 0 Å². The van der Waals surface area contributed by atoms with Crippen LogP contribution in [0.1, 0.15) is 25.0 Å². The van der Waals surface area contributed by atoms with Gasteiger partial charge >= 0.3 is 0 Å². The van der Waals surface area contributed by atoms with E-state index in [1.54, 1.807) is 0 Å². The van der Waals surface area contributed by atoms with Gasteiger partial charge in [0.15, 0.2) is 5.71 Å². The summed E-state index contributed by atoms with van der Waals surface area (Å²) in [5.41, 5.74) is 8.56. The first kappa shape index (κ1) is 19.8. The van der Waals surface area contributed by atoms with Crippen molar-refractivity contribution in [3.05, 3.63) is 95.0 Å². The maximum absolute atomic E-state index is 6.33. The minimum Gasteiger partial charge on any atom is -0.343 e. The molecule has 3 aromatic carbocycles. The average molecular weight is 426 g/mol. The lowest BCUT2D eigenvalue weighted by molar-refractivity contribution is -0.401. The molecule has 2 nitrogen and oxygen atoms in total. The predicted octanol–water partition coefficient (Wildman–Crippen LogP) is 7.22. The molecule has 0 spiro atoms. The highest BCUT2D eigenvalue weighted by Gasteiger charge is 2.43. The van der Waals surface area contributed by atoms with Crippen LogP contribution in [0.3, 0.4) is 0 Å². The number of benzene rings is 3. The number of para-hydroxylation sites is 1. The number of nitrogens with zero attached hydrogens (tertiary/aromatic N) is 2. The highest BCUT2D eigenvalue weighted by molar-refractivity contribution is 6.30. The molecule has 0 N–H and O–H groups in total. The zero-order valence-corrected chi connectivity index (χ0v) is 19.1. The highest BCUT2D eigenvalue weighted by atomic mass is 35.5. The predicted molar refractivity (Wildman–Crippen MR) is 133 cm³/mol. The average Bonchev–Trinajstić information content (AvgIpc) is 3.15. The van der Waals surface area contributed by atoms with E-state index in [1.807, 2.05) is 6.07 Å². The van der Waals surface area contributed by atoms with Crippen LogP contribution < -0.4 is 0 Å². The third kappa shape index (κ3) is 3.05. The Hall–Kier alpha value is -3.10. The third-order valence-electron chi connectivity index (χ3n) is 6.60. The van der Waals surface area contributed by atoms with Crippen LogP contribution >= 0.6 is 11.6 Å². The van der Waals surface area contributed by atoms with Gasteiger partial charge in [0, 0.05) is 46.2 Å². The zero-order valence-electron chi connectivity index (χ0n) is 18.4. The normalized spacial score (nSPS) is 15.3. The van der Waals surface area contributed by atoms with E-state index in [0.717, 1.165) is 5.02 Å². The molecule has 31 heavy (non-hydrogen) atoms. The van der Waals surface area contributed by atoms with Gasteiger partial charge in [0.25, 0.3) is 0 Å². The number of aryl methyl sites for hydroxylation is 1. The lowest BCUT2D eigenvalue weighted by atomic mass is 9.81. The minimum absolute atomic E-state index is 0.122. The molecule has 3 heteroatoms. The fraction of sp³-hybridized carbons (Fsp3) is 0.179. The molecule has 1 aliphatic rings. The lowest BCUT2D eigenvalue weighted by Gasteiger charge is -2.15. The molecule has 0 saturated carbocycles. The molecule has 1 aliphatic heterocycles. The minimum atomic E-state index is -0.122. The summed E-state index contributed by atoms with van der Waals surface area (Å²) in [6, 6.07) is 25.4. The van der Waals surface area contributed by atoms with Crippen LogP contribution in [0.4, 0.5) is 5.69 Å². The standard InChI is InChI=1S/C28H26ClN2/c1-28(2)23-18-20(29)14-16-25(23)30(3)26(28)17-15-22-21-12-8-9-13-24(21)31(4)27(22)19-10-6-5-7-11-19/h5-18H,1-4H3/q+1. The van der Waals surface area contributed by atoms with Crippen LogP contribution in [-0.2, 0) is 12.5 Å². The second-order valence-corrected chi connectivity index (χ2v) is 9.20. The van der Waals surface area contributed by atoms with Crippen molar-refractivity contribution < 1.29 is 4.58 Å². The number of hydrogen-bond acceptors (Lipinski definition) is 0. The Morgan fingerprint density at radius 3 is 2.39 bits per heavy atom. The van der Waals surface area contributed by atoms with E-state index in [0.29, 0.717) is 0 Å². The van der Waals surface area contributed by atoms with Gasteiger partial charge < -0.3 is 4.57 Å². The van der Waals surface area contributed by atoms with Crippen molar-refractivity contribution in [1.29, 1.82) is 0 Å². The van der Waals surface area contributed by atoms with Crippen LogP contribution in [0.25, 0.3) is 28.2 Å². The van der Waals surface area contributed by atoms with Crippen molar-refractivity contribution >= 4 is 40.0 Å². The van der Waals surface area contributed by atoms with Gasteiger partial charge in [0.1, 0.15) is 7.05 Å². The number of hydrogen-bond donors (Lipinski definition) is 0. The molecule has 0 amide bonds. The molecule has 4 aromatic rings. The third-order valence-corrected chi connectivity index (χ3v) is 6.83. The van der Waals surface area contributed by atoms with E-state index in [1.165, 1.54) is 44.7 Å². The molecule has 0 bridgehead atoms. The van der Waals surface area contributed by atoms with Crippen LogP contribution in [-0.4, -0.2) is 21.9 Å². The Kier molecular flexibility index (Phi) is 4.64. The lowest BCUT2D eigenvalue weighted by Crippen LogP contribution is -2.26. The monoisotopic (exact) mass is 425 g/mol. The summed E-state index contributed by atoms with van der Waals surface area (Å²) in [5, 5.41) is 2.05. The van der Waals surface area contributed by atoms with Crippen molar-refractivity contribution in [2.75, 3.05) is 7.05 Å². The van der Waals surface area contributed by atoms with Gasteiger partial charge in [-0.25, -0.2) is 0 Å². The molecule has 0 saturated heterocycles.